The zero-order valence-corrected chi connectivity index (χ0v) is 18.1. The van der Waals surface area contributed by atoms with Gasteiger partial charge in [-0.3, -0.25) is 9.59 Å². The Morgan fingerprint density at radius 3 is 2.84 bits per heavy atom. The fourth-order valence-electron chi connectivity index (χ4n) is 3.32. The summed E-state index contributed by atoms with van der Waals surface area (Å²) in [4.78, 5) is 34.8. The van der Waals surface area contributed by atoms with E-state index in [4.69, 9.17) is 21.1 Å². The number of nitrogens with zero attached hydrogens (tertiary/aromatic N) is 3. The summed E-state index contributed by atoms with van der Waals surface area (Å²) in [6.07, 6.45) is 4.34. The van der Waals surface area contributed by atoms with Crippen LogP contribution in [-0.2, 0) is 4.79 Å². The number of carbonyl (C=O) groups excluding carboxylic acids is 2. The zero-order valence-electron chi connectivity index (χ0n) is 17.4. The number of carbonyl (C=O) groups is 2. The smallest absolute Gasteiger partial charge is 0.254 e. The Hall–Kier alpha value is -3.33. The van der Waals surface area contributed by atoms with Crippen molar-refractivity contribution in [3.63, 3.8) is 0 Å². The van der Waals surface area contributed by atoms with Gasteiger partial charge in [-0.05, 0) is 37.1 Å². The van der Waals surface area contributed by atoms with Crippen LogP contribution in [0.4, 0.5) is 11.6 Å². The molecule has 2 amide bonds. The van der Waals surface area contributed by atoms with Crippen LogP contribution in [0.15, 0.2) is 37.1 Å². The Kier molecular flexibility index (Phi) is 7.30. The second-order valence-electron chi connectivity index (χ2n) is 6.89. The second-order valence-corrected chi connectivity index (χ2v) is 7.30. The average Bonchev–Trinajstić information content (AvgIpc) is 2.80. The fraction of sp³-hybridized carbons (Fsp3) is 0.333. The molecule has 1 aliphatic heterocycles. The number of methoxy groups -OCH3 is 2. The van der Waals surface area contributed by atoms with Gasteiger partial charge in [0.2, 0.25) is 17.7 Å². The highest BCUT2D eigenvalue weighted by atomic mass is 35.5. The van der Waals surface area contributed by atoms with Gasteiger partial charge >= 0.3 is 0 Å². The van der Waals surface area contributed by atoms with Crippen LogP contribution in [0.2, 0.25) is 5.02 Å². The molecule has 2 heterocycles. The quantitative estimate of drug-likeness (QED) is 0.631. The van der Waals surface area contributed by atoms with E-state index in [0.29, 0.717) is 46.9 Å². The lowest BCUT2D eigenvalue weighted by atomic mass is 10.0. The van der Waals surface area contributed by atoms with Crippen LogP contribution < -0.4 is 20.1 Å². The molecule has 3 rings (SSSR count). The van der Waals surface area contributed by atoms with Crippen LogP contribution in [0.5, 0.6) is 11.6 Å². The summed E-state index contributed by atoms with van der Waals surface area (Å²) in [6.45, 7) is 4.56. The summed E-state index contributed by atoms with van der Waals surface area (Å²) >= 11 is 5.97. The highest BCUT2D eigenvalue weighted by Crippen LogP contribution is 2.27. The van der Waals surface area contributed by atoms with E-state index >= 15 is 0 Å². The highest BCUT2D eigenvalue weighted by molar-refractivity contribution is 6.31. The molecule has 31 heavy (non-hydrogen) atoms. The summed E-state index contributed by atoms with van der Waals surface area (Å²) in [6, 6.07) is 4.90. The number of ether oxygens (including phenoxy) is 2. The van der Waals surface area contributed by atoms with Gasteiger partial charge in [0.15, 0.2) is 0 Å². The van der Waals surface area contributed by atoms with Gasteiger partial charge < -0.3 is 25.0 Å². The summed E-state index contributed by atoms with van der Waals surface area (Å²) < 4.78 is 10.5. The van der Waals surface area contributed by atoms with E-state index in [1.165, 1.54) is 26.5 Å². The molecule has 1 aromatic heterocycles. The molecule has 1 atom stereocenters. The van der Waals surface area contributed by atoms with Gasteiger partial charge in [0.1, 0.15) is 10.8 Å². The lowest BCUT2D eigenvalue weighted by Gasteiger charge is -2.33. The average molecular weight is 446 g/mol. The molecule has 1 aromatic carbocycles. The SMILES string of the molecule is C=CC(=O)Nc1ccc(C(=O)N2CCCC(Nc3ncc(Cl)c(OC)n3)C2)cc1OC. The third kappa shape index (κ3) is 5.43. The first-order valence-corrected chi connectivity index (χ1v) is 10.1. The van der Waals surface area contributed by atoms with Gasteiger partial charge in [-0.1, -0.05) is 18.2 Å². The molecule has 2 aromatic rings. The van der Waals surface area contributed by atoms with Crippen LogP contribution in [0.1, 0.15) is 23.2 Å². The molecule has 1 saturated heterocycles. The lowest BCUT2D eigenvalue weighted by molar-refractivity contribution is -0.111. The van der Waals surface area contributed by atoms with E-state index in [-0.39, 0.29) is 17.9 Å². The van der Waals surface area contributed by atoms with Gasteiger partial charge in [0, 0.05) is 24.7 Å². The molecule has 1 unspecified atom stereocenters. The zero-order chi connectivity index (χ0) is 22.4. The Balaban J connectivity index is 1.70. The number of piperidine rings is 1. The van der Waals surface area contributed by atoms with Crippen molar-refractivity contribution < 1.29 is 19.1 Å². The summed E-state index contributed by atoms with van der Waals surface area (Å²) in [5.74, 6) is 0.599. The number of halogens is 1. The van der Waals surface area contributed by atoms with Crippen LogP contribution in [-0.4, -0.2) is 60.0 Å². The van der Waals surface area contributed by atoms with Gasteiger partial charge in [-0.15, -0.1) is 0 Å². The van der Waals surface area contributed by atoms with Crippen molar-refractivity contribution in [1.82, 2.24) is 14.9 Å². The van der Waals surface area contributed by atoms with E-state index in [2.05, 4.69) is 27.2 Å². The maximum absolute atomic E-state index is 13.1. The Morgan fingerprint density at radius 2 is 2.13 bits per heavy atom. The topological polar surface area (TPSA) is 106 Å². The van der Waals surface area contributed by atoms with Crippen molar-refractivity contribution in [2.45, 2.75) is 18.9 Å². The summed E-state index contributed by atoms with van der Waals surface area (Å²) in [5, 5.41) is 6.23. The molecule has 0 spiro atoms. The third-order valence-electron chi connectivity index (χ3n) is 4.84. The van der Waals surface area contributed by atoms with E-state index < -0.39 is 0 Å². The largest absolute Gasteiger partial charge is 0.495 e. The molecule has 2 N–H and O–H groups in total. The first kappa shape index (κ1) is 22.4. The molecule has 1 aliphatic rings. The van der Waals surface area contributed by atoms with Crippen LogP contribution >= 0.6 is 11.6 Å². The Morgan fingerprint density at radius 1 is 1.32 bits per heavy atom. The predicted molar refractivity (Wildman–Crippen MR) is 118 cm³/mol. The maximum atomic E-state index is 13.1. The van der Waals surface area contributed by atoms with E-state index in [9.17, 15) is 9.59 Å². The normalized spacial score (nSPS) is 15.7. The van der Waals surface area contributed by atoms with Gasteiger partial charge in [-0.2, -0.15) is 4.98 Å². The number of likely N-dealkylation sites (tertiary alicyclic amines) is 1. The molecular weight excluding hydrogens is 422 g/mol. The summed E-state index contributed by atoms with van der Waals surface area (Å²) in [7, 11) is 2.97. The van der Waals surface area contributed by atoms with Crippen molar-refractivity contribution in [1.29, 1.82) is 0 Å². The molecule has 0 aliphatic carbocycles. The van der Waals surface area contributed by atoms with Crippen LogP contribution in [0.3, 0.4) is 0 Å². The maximum Gasteiger partial charge on any atom is 0.254 e. The number of amides is 2. The third-order valence-corrected chi connectivity index (χ3v) is 5.10. The van der Waals surface area contributed by atoms with E-state index in [1.54, 1.807) is 23.1 Å². The minimum Gasteiger partial charge on any atom is -0.495 e. The van der Waals surface area contributed by atoms with Gasteiger partial charge in [0.25, 0.3) is 5.91 Å². The molecule has 164 valence electrons. The van der Waals surface area contributed by atoms with Crippen LogP contribution in [0, 0.1) is 0 Å². The number of hydrogen-bond donors (Lipinski definition) is 2. The van der Waals surface area contributed by atoms with Gasteiger partial charge in [-0.25, -0.2) is 4.98 Å². The molecule has 0 bridgehead atoms. The minimum atomic E-state index is -0.358. The van der Waals surface area contributed by atoms with Crippen LogP contribution in [0.25, 0.3) is 0 Å². The number of benzene rings is 1. The predicted octanol–water partition coefficient (Wildman–Crippen LogP) is 2.99. The highest BCUT2D eigenvalue weighted by Gasteiger charge is 2.26. The van der Waals surface area contributed by atoms with Crippen molar-refractivity contribution in [2.75, 3.05) is 37.9 Å². The monoisotopic (exact) mass is 445 g/mol. The second kappa shape index (κ2) is 10.1. The lowest BCUT2D eigenvalue weighted by Crippen LogP contribution is -2.45. The fourth-order valence-corrected chi connectivity index (χ4v) is 3.49. The van der Waals surface area contributed by atoms with E-state index in [0.717, 1.165) is 12.8 Å². The minimum absolute atomic E-state index is 0.0170. The Bertz CT molecular complexity index is 984. The van der Waals surface area contributed by atoms with E-state index in [1.807, 2.05) is 0 Å². The van der Waals surface area contributed by atoms with Crippen molar-refractivity contribution in [2.24, 2.45) is 0 Å². The van der Waals surface area contributed by atoms with Crippen molar-refractivity contribution in [3.8, 4) is 11.6 Å². The first-order chi connectivity index (χ1) is 14.9. The summed E-state index contributed by atoms with van der Waals surface area (Å²) in [5.41, 5.74) is 0.939. The van der Waals surface area contributed by atoms with Gasteiger partial charge in [0.05, 0.1) is 26.1 Å². The Labute approximate surface area is 185 Å². The van der Waals surface area contributed by atoms with Crippen molar-refractivity contribution in [3.05, 3.63) is 47.6 Å². The number of hydrogen-bond acceptors (Lipinski definition) is 7. The first-order valence-electron chi connectivity index (χ1n) is 9.69. The molecule has 10 heteroatoms. The number of nitrogens with one attached hydrogen (secondary N) is 2. The molecule has 1 fully saturated rings. The number of anilines is 2. The number of aromatic nitrogens is 2. The molecule has 0 radical (unpaired) electrons. The van der Waals surface area contributed by atoms with Crippen molar-refractivity contribution >= 4 is 35.1 Å². The molecule has 0 saturated carbocycles. The standard InChI is InChI=1S/C21H24ClN5O4/c1-4-18(28)25-16-8-7-13(10-17(16)30-2)20(29)27-9-5-6-14(12-27)24-21-23-11-15(22)19(26-21)31-3/h4,7-8,10-11,14H,1,5-6,9,12H2,2-3H3,(H,25,28)(H,23,24,26). The molecular formula is C21H24ClN5O4. The molecule has 9 nitrogen and oxygen atoms in total. The number of rotatable bonds is 7.